The molecule has 0 spiro atoms. The Hall–Kier alpha value is -0.480. The summed E-state index contributed by atoms with van der Waals surface area (Å²) in [4.78, 5) is 12.1. The summed E-state index contributed by atoms with van der Waals surface area (Å²) >= 11 is 17.8. The maximum Gasteiger partial charge on any atom is 0.254 e. The van der Waals surface area contributed by atoms with Crippen LogP contribution in [0.3, 0.4) is 0 Å². The highest BCUT2D eigenvalue weighted by Gasteiger charge is 2.19. The number of carbonyl (C=O) groups is 1. The Kier molecular flexibility index (Phi) is 5.34. The Labute approximate surface area is 127 Å². The van der Waals surface area contributed by atoms with Crippen LogP contribution in [0.25, 0.3) is 0 Å². The highest BCUT2D eigenvalue weighted by Crippen LogP contribution is 2.28. The second-order valence-electron chi connectivity index (χ2n) is 4.54. The standard InChI is InChI=1S/C13H14Cl3NO2/c14-9-4-10(15)12(11(16)5-9)13(18)17-6-8-2-1-3-19-7-8/h4-5,8H,1-3,6-7H2,(H,17,18). The fourth-order valence-electron chi connectivity index (χ4n) is 2.05. The Morgan fingerprint density at radius 1 is 1.32 bits per heavy atom. The van der Waals surface area contributed by atoms with Gasteiger partial charge in [0.05, 0.1) is 22.2 Å². The number of halogens is 3. The van der Waals surface area contributed by atoms with Crippen LogP contribution in [0.15, 0.2) is 12.1 Å². The summed E-state index contributed by atoms with van der Waals surface area (Å²) in [6.45, 7) is 2.05. The summed E-state index contributed by atoms with van der Waals surface area (Å²) in [5.74, 6) is 0.0693. The topological polar surface area (TPSA) is 38.3 Å². The van der Waals surface area contributed by atoms with Crippen LogP contribution in [-0.2, 0) is 4.74 Å². The molecule has 6 heteroatoms. The molecule has 1 aromatic carbocycles. The third-order valence-electron chi connectivity index (χ3n) is 3.04. The van der Waals surface area contributed by atoms with Gasteiger partial charge in [-0.05, 0) is 30.9 Å². The fraction of sp³-hybridized carbons (Fsp3) is 0.462. The molecule has 1 heterocycles. The molecule has 1 N–H and O–H groups in total. The molecule has 2 rings (SSSR count). The van der Waals surface area contributed by atoms with Crippen LogP contribution in [0.4, 0.5) is 0 Å². The van der Waals surface area contributed by atoms with E-state index in [0.29, 0.717) is 24.1 Å². The molecule has 0 radical (unpaired) electrons. The molecule has 1 aromatic rings. The monoisotopic (exact) mass is 321 g/mol. The average Bonchev–Trinajstić information content (AvgIpc) is 2.36. The summed E-state index contributed by atoms with van der Waals surface area (Å²) in [6.07, 6.45) is 2.09. The molecule has 1 unspecified atom stereocenters. The van der Waals surface area contributed by atoms with Crippen molar-refractivity contribution in [3.8, 4) is 0 Å². The van der Waals surface area contributed by atoms with E-state index in [1.165, 1.54) is 12.1 Å². The molecule has 0 aliphatic carbocycles. The third kappa shape index (κ3) is 3.99. The predicted octanol–water partition coefficient (Wildman–Crippen LogP) is 3.80. The van der Waals surface area contributed by atoms with Crippen molar-refractivity contribution in [1.29, 1.82) is 0 Å². The molecular weight excluding hydrogens is 309 g/mol. The van der Waals surface area contributed by atoms with E-state index in [2.05, 4.69) is 5.32 Å². The van der Waals surface area contributed by atoms with E-state index in [-0.39, 0.29) is 21.5 Å². The van der Waals surface area contributed by atoms with Crippen molar-refractivity contribution in [2.75, 3.05) is 19.8 Å². The summed E-state index contributed by atoms with van der Waals surface area (Å²) in [7, 11) is 0. The van der Waals surface area contributed by atoms with Crippen molar-refractivity contribution in [2.24, 2.45) is 5.92 Å². The van der Waals surface area contributed by atoms with Gasteiger partial charge in [0.1, 0.15) is 0 Å². The predicted molar refractivity (Wildman–Crippen MR) is 77.3 cm³/mol. The van der Waals surface area contributed by atoms with Gasteiger partial charge >= 0.3 is 0 Å². The van der Waals surface area contributed by atoms with Gasteiger partial charge in [-0.3, -0.25) is 4.79 Å². The quantitative estimate of drug-likeness (QED) is 0.919. The lowest BCUT2D eigenvalue weighted by molar-refractivity contribution is 0.0536. The first-order valence-corrected chi connectivity index (χ1v) is 7.22. The van der Waals surface area contributed by atoms with Crippen molar-refractivity contribution in [1.82, 2.24) is 5.32 Å². The lowest BCUT2D eigenvalue weighted by Gasteiger charge is -2.22. The minimum atomic E-state index is -0.280. The number of amides is 1. The van der Waals surface area contributed by atoms with Gasteiger partial charge in [-0.2, -0.15) is 0 Å². The largest absolute Gasteiger partial charge is 0.381 e. The smallest absolute Gasteiger partial charge is 0.254 e. The highest BCUT2D eigenvalue weighted by molar-refractivity contribution is 6.42. The van der Waals surface area contributed by atoms with Crippen LogP contribution in [0, 0.1) is 5.92 Å². The van der Waals surface area contributed by atoms with E-state index in [1.807, 2.05) is 0 Å². The van der Waals surface area contributed by atoms with E-state index in [1.54, 1.807) is 0 Å². The molecule has 0 bridgehead atoms. The maximum atomic E-state index is 12.1. The Morgan fingerprint density at radius 3 is 2.58 bits per heavy atom. The van der Waals surface area contributed by atoms with Crippen LogP contribution in [-0.4, -0.2) is 25.7 Å². The zero-order chi connectivity index (χ0) is 13.8. The van der Waals surface area contributed by atoms with Gasteiger partial charge in [0, 0.05) is 18.2 Å². The second-order valence-corrected chi connectivity index (χ2v) is 5.79. The number of rotatable bonds is 3. The van der Waals surface area contributed by atoms with Crippen molar-refractivity contribution < 1.29 is 9.53 Å². The number of ether oxygens (including phenoxy) is 1. The first-order valence-electron chi connectivity index (χ1n) is 6.08. The number of hydrogen-bond donors (Lipinski definition) is 1. The van der Waals surface area contributed by atoms with E-state index in [9.17, 15) is 4.79 Å². The molecule has 1 amide bonds. The first kappa shape index (κ1) is 14.9. The molecule has 0 aromatic heterocycles. The van der Waals surface area contributed by atoms with Gasteiger partial charge in [-0.25, -0.2) is 0 Å². The minimum Gasteiger partial charge on any atom is -0.381 e. The Morgan fingerprint density at radius 2 is 2.00 bits per heavy atom. The number of benzene rings is 1. The molecule has 104 valence electrons. The van der Waals surface area contributed by atoms with E-state index < -0.39 is 0 Å². The van der Waals surface area contributed by atoms with Gasteiger partial charge in [0.25, 0.3) is 5.91 Å². The molecule has 0 saturated carbocycles. The third-order valence-corrected chi connectivity index (χ3v) is 3.85. The number of hydrogen-bond acceptors (Lipinski definition) is 2. The molecule has 1 atom stereocenters. The van der Waals surface area contributed by atoms with Crippen LogP contribution in [0.2, 0.25) is 15.1 Å². The average molecular weight is 323 g/mol. The Balaban J connectivity index is 1.99. The first-order chi connectivity index (χ1) is 9.08. The zero-order valence-corrected chi connectivity index (χ0v) is 12.5. The lowest BCUT2D eigenvalue weighted by atomic mass is 10.0. The molecule has 1 aliphatic rings. The van der Waals surface area contributed by atoms with Crippen LogP contribution >= 0.6 is 34.8 Å². The molecule has 1 saturated heterocycles. The summed E-state index contributed by atoms with van der Waals surface area (Å²) < 4.78 is 5.36. The lowest BCUT2D eigenvalue weighted by Crippen LogP contribution is -2.33. The van der Waals surface area contributed by atoms with Crippen molar-refractivity contribution >= 4 is 40.7 Å². The minimum absolute atomic E-state index is 0.259. The van der Waals surface area contributed by atoms with Gasteiger partial charge in [-0.15, -0.1) is 0 Å². The molecular formula is C13H14Cl3NO2. The van der Waals surface area contributed by atoms with Crippen LogP contribution < -0.4 is 5.32 Å². The Bertz CT molecular complexity index is 450. The SMILES string of the molecule is O=C(NCC1CCCOC1)c1c(Cl)cc(Cl)cc1Cl. The van der Waals surface area contributed by atoms with E-state index in [4.69, 9.17) is 39.5 Å². The van der Waals surface area contributed by atoms with Crippen LogP contribution in [0.5, 0.6) is 0 Å². The van der Waals surface area contributed by atoms with Crippen molar-refractivity contribution in [3.05, 3.63) is 32.8 Å². The van der Waals surface area contributed by atoms with Crippen LogP contribution in [0.1, 0.15) is 23.2 Å². The number of nitrogens with one attached hydrogen (secondary N) is 1. The molecule has 1 fully saturated rings. The van der Waals surface area contributed by atoms with Crippen molar-refractivity contribution in [2.45, 2.75) is 12.8 Å². The molecule has 19 heavy (non-hydrogen) atoms. The number of carbonyl (C=O) groups excluding carboxylic acids is 1. The fourth-order valence-corrected chi connectivity index (χ4v) is 3.04. The van der Waals surface area contributed by atoms with Gasteiger partial charge in [-0.1, -0.05) is 34.8 Å². The summed E-state index contributed by atoms with van der Waals surface area (Å²) in [5.41, 5.74) is 0.268. The van der Waals surface area contributed by atoms with E-state index in [0.717, 1.165) is 19.4 Å². The second kappa shape index (κ2) is 6.80. The van der Waals surface area contributed by atoms with Gasteiger partial charge in [0.15, 0.2) is 0 Å². The summed E-state index contributed by atoms with van der Waals surface area (Å²) in [5, 5.41) is 3.77. The highest BCUT2D eigenvalue weighted by atomic mass is 35.5. The normalized spacial score (nSPS) is 19.2. The zero-order valence-electron chi connectivity index (χ0n) is 10.2. The van der Waals surface area contributed by atoms with E-state index >= 15 is 0 Å². The molecule has 3 nitrogen and oxygen atoms in total. The van der Waals surface area contributed by atoms with Crippen molar-refractivity contribution in [3.63, 3.8) is 0 Å². The van der Waals surface area contributed by atoms with Gasteiger partial charge in [0.2, 0.25) is 0 Å². The summed E-state index contributed by atoms with van der Waals surface area (Å²) in [6, 6.07) is 3.02. The van der Waals surface area contributed by atoms with Gasteiger partial charge < -0.3 is 10.1 Å². The molecule has 1 aliphatic heterocycles. The maximum absolute atomic E-state index is 12.1.